The lowest BCUT2D eigenvalue weighted by molar-refractivity contribution is -0.156. The van der Waals surface area contributed by atoms with Crippen LogP contribution in [-0.2, 0) is 52.7 Å². The van der Waals surface area contributed by atoms with Crippen LogP contribution in [0.4, 0.5) is 0 Å². The molecule has 0 aromatic heterocycles. The predicted octanol–water partition coefficient (Wildman–Crippen LogP) is 2.71. The molecule has 0 spiro atoms. The molecule has 83 heavy (non-hydrogen) atoms. The summed E-state index contributed by atoms with van der Waals surface area (Å²) >= 11 is 0. The highest BCUT2D eigenvalue weighted by atomic mass is 16.3. The van der Waals surface area contributed by atoms with Crippen molar-refractivity contribution >= 4 is 65.0 Å². The minimum absolute atomic E-state index is 0.0608. The van der Waals surface area contributed by atoms with Gasteiger partial charge in [0.15, 0.2) is 0 Å². The molecule has 1 aliphatic rings. The molecule has 0 aromatic carbocycles. The van der Waals surface area contributed by atoms with E-state index in [0.29, 0.717) is 0 Å². The third kappa shape index (κ3) is 21.6. The largest absolute Gasteiger partial charge is 0.396 e. The van der Waals surface area contributed by atoms with E-state index >= 15 is 9.59 Å². The van der Waals surface area contributed by atoms with Gasteiger partial charge in [-0.1, -0.05) is 96.9 Å². The summed E-state index contributed by atoms with van der Waals surface area (Å²) < 4.78 is 0. The second-order valence-electron chi connectivity index (χ2n) is 25.7. The minimum atomic E-state index is -1.22. The highest BCUT2D eigenvalue weighted by molar-refractivity contribution is 5.99. The highest BCUT2D eigenvalue weighted by Gasteiger charge is 2.44. The van der Waals surface area contributed by atoms with Gasteiger partial charge in [-0.2, -0.15) is 0 Å². The number of rotatable bonds is 15. The molecule has 0 aliphatic carbocycles. The molecule has 3 unspecified atom stereocenters. The Labute approximate surface area is 496 Å². The molecule has 23 heteroatoms. The van der Waals surface area contributed by atoms with Crippen molar-refractivity contribution in [1.82, 2.24) is 55.6 Å². The van der Waals surface area contributed by atoms with Crippen molar-refractivity contribution in [3.8, 4) is 0 Å². The normalized spacial score (nSPS) is 26.8. The molecule has 1 rings (SSSR count). The summed E-state index contributed by atoms with van der Waals surface area (Å²) in [5.74, 6) is -8.79. The Kier molecular flexibility index (Phi) is 30.9. The predicted molar refractivity (Wildman–Crippen MR) is 319 cm³/mol. The van der Waals surface area contributed by atoms with E-state index in [1.165, 1.54) is 92.6 Å². The van der Waals surface area contributed by atoms with Crippen molar-refractivity contribution < 1.29 is 57.8 Å². The third-order valence-corrected chi connectivity index (χ3v) is 15.8. The number of aliphatic hydroxyl groups is 1. The molecular weight excluding hydrogens is 1070 g/mol. The van der Waals surface area contributed by atoms with Crippen LogP contribution >= 0.6 is 0 Å². The average Bonchev–Trinajstić information content (AvgIpc) is 3.46. The molecule has 0 aromatic rings. The van der Waals surface area contributed by atoms with Gasteiger partial charge in [-0.05, 0) is 100 Å². The van der Waals surface area contributed by atoms with Crippen LogP contribution < -0.4 is 21.3 Å². The van der Waals surface area contributed by atoms with Crippen molar-refractivity contribution in [1.29, 1.82) is 0 Å². The number of hydrogen-bond acceptors (Lipinski definition) is 12. The van der Waals surface area contributed by atoms with Crippen LogP contribution in [0.25, 0.3) is 0 Å². The monoisotopic (exact) mass is 1180 g/mol. The van der Waals surface area contributed by atoms with E-state index in [1.54, 1.807) is 34.6 Å². The Morgan fingerprint density at radius 3 is 1.25 bits per heavy atom. The topological polar surface area (TPSA) is 279 Å². The van der Waals surface area contributed by atoms with Gasteiger partial charge in [0, 0.05) is 55.9 Å². The van der Waals surface area contributed by atoms with Gasteiger partial charge in [-0.15, -0.1) is 0 Å². The highest BCUT2D eigenvalue weighted by Crippen LogP contribution is 2.25. The maximum absolute atomic E-state index is 15.0. The van der Waals surface area contributed by atoms with E-state index in [9.17, 15) is 48.3 Å². The van der Waals surface area contributed by atoms with E-state index < -0.39 is 144 Å². The molecule has 476 valence electrons. The smallest absolute Gasteiger partial charge is 0.246 e. The summed E-state index contributed by atoms with van der Waals surface area (Å²) in [4.78, 5) is 168. The van der Waals surface area contributed by atoms with Gasteiger partial charge in [0.1, 0.15) is 60.4 Å². The summed E-state index contributed by atoms with van der Waals surface area (Å²) in [5.41, 5.74) is 0. The third-order valence-electron chi connectivity index (χ3n) is 15.8. The molecular formula is C60H109N11O12. The minimum Gasteiger partial charge on any atom is -0.396 e. The molecule has 1 saturated heterocycles. The van der Waals surface area contributed by atoms with Gasteiger partial charge >= 0.3 is 0 Å². The second-order valence-corrected chi connectivity index (χ2v) is 25.7. The fourth-order valence-corrected chi connectivity index (χ4v) is 10.5. The van der Waals surface area contributed by atoms with Crippen LogP contribution in [-0.4, -0.2) is 227 Å². The maximum Gasteiger partial charge on any atom is 0.246 e. The molecule has 0 bridgehead atoms. The lowest BCUT2D eigenvalue weighted by Crippen LogP contribution is -2.61. The van der Waals surface area contributed by atoms with Gasteiger partial charge < -0.3 is 60.7 Å². The molecule has 5 N–H and O–H groups in total. The standard InChI is InChI=1S/C60H109N11O12/c1-24-42-56(79)65(17)32-48(73)66(18)43(27-33(2)3)54(77)64-49(37(10)11)59(82)67(19)44(28-34(4)5)52(75)61-40(15)51(74)62-41(16)55(78)69(21)46(29-35(6)7)57(80)70(22)47(30-36(8)9)58(81)71(23)50(38(12)13)60(83)68(20)45(53(76)63-42)31-39(14)25-26-72/h33-47,49-50,72H,24-32H2,1-23H3,(H,61,75)(H,62,74)(H,63,76)(H,64,77)/t39-,40+,41-,42+,43+,44+,45?,46+,47+,49?,50?/m1/s1. The Morgan fingerprint density at radius 2 is 0.807 bits per heavy atom. The van der Waals surface area contributed by atoms with Crippen LogP contribution in [0.5, 0.6) is 0 Å². The van der Waals surface area contributed by atoms with Gasteiger partial charge in [-0.3, -0.25) is 52.7 Å². The molecule has 1 aliphatic heterocycles. The van der Waals surface area contributed by atoms with Crippen LogP contribution in [0, 0.1) is 41.4 Å². The maximum atomic E-state index is 15.0. The fraction of sp³-hybridized carbons (Fsp3) is 0.817. The van der Waals surface area contributed by atoms with Crippen molar-refractivity contribution in [3.63, 3.8) is 0 Å². The van der Waals surface area contributed by atoms with Crippen LogP contribution in [0.2, 0.25) is 0 Å². The summed E-state index contributed by atoms with van der Waals surface area (Å²) in [6.45, 7) is 27.6. The quantitative estimate of drug-likeness (QED) is 0.158. The zero-order valence-corrected chi connectivity index (χ0v) is 54.7. The van der Waals surface area contributed by atoms with Crippen LogP contribution in [0.15, 0.2) is 0 Å². The van der Waals surface area contributed by atoms with Crippen LogP contribution in [0.1, 0.15) is 156 Å². The number of hydrogen-bond donors (Lipinski definition) is 5. The number of nitrogens with one attached hydrogen (secondary N) is 4. The SMILES string of the molecule is CC[C@@H]1NC(=O)C(C[C@H](C)CCO)N(C)C(=O)C(C(C)C)N(C)C(=O)[C@H](CC(C)C)N(C)C(=O)[C@H](CC(C)C)N(C)C(=O)[C@@H](C)NC(=O)[C@H](C)NC(=O)[C@H](CC(C)C)N(C)C(=O)C(C(C)C)NC(=O)[C@H](CC(C)C)N(C)C(=O)CN(C)C1=O. The van der Waals surface area contributed by atoms with E-state index in [0.717, 1.165) is 4.90 Å². The number of aliphatic hydroxyl groups excluding tert-OH is 1. The van der Waals surface area contributed by atoms with Gasteiger partial charge in [0.2, 0.25) is 65.0 Å². The lowest BCUT2D eigenvalue weighted by atomic mass is 9.94. The number of likely N-dealkylation sites (N-methyl/N-ethyl adjacent to an activating group) is 7. The van der Waals surface area contributed by atoms with E-state index in [1.807, 2.05) is 62.3 Å². The van der Waals surface area contributed by atoms with E-state index in [4.69, 9.17) is 0 Å². The first-order valence-electron chi connectivity index (χ1n) is 30.0. The summed E-state index contributed by atoms with van der Waals surface area (Å²) in [7, 11) is 10.1. The number of nitrogens with zero attached hydrogens (tertiary/aromatic N) is 7. The van der Waals surface area contributed by atoms with Gasteiger partial charge in [0.25, 0.3) is 0 Å². The molecule has 0 saturated carbocycles. The first-order valence-corrected chi connectivity index (χ1v) is 30.0. The molecule has 1 heterocycles. The van der Waals surface area contributed by atoms with E-state index in [2.05, 4.69) is 21.3 Å². The number of carbonyl (C=O) groups excluding carboxylic acids is 11. The first kappa shape index (κ1) is 75.1. The average molecular weight is 1180 g/mol. The Hall–Kier alpha value is -5.87. The summed E-state index contributed by atoms with van der Waals surface area (Å²) in [6, 6.07) is -11.6. The molecule has 11 amide bonds. The van der Waals surface area contributed by atoms with Crippen molar-refractivity contribution in [3.05, 3.63) is 0 Å². The van der Waals surface area contributed by atoms with Gasteiger partial charge in [0.05, 0.1) is 6.54 Å². The zero-order chi connectivity index (χ0) is 64.4. The van der Waals surface area contributed by atoms with Crippen molar-refractivity contribution in [2.75, 3.05) is 62.5 Å². The summed E-state index contributed by atoms with van der Waals surface area (Å²) in [6.07, 6.45) is 1.11. The van der Waals surface area contributed by atoms with Crippen molar-refractivity contribution in [2.24, 2.45) is 41.4 Å². The zero-order valence-electron chi connectivity index (χ0n) is 54.7. The molecule has 1 fully saturated rings. The Balaban J connectivity index is 4.25. The second kappa shape index (κ2) is 34.2. The Bertz CT molecular complexity index is 2220. The van der Waals surface area contributed by atoms with Crippen molar-refractivity contribution in [2.45, 2.75) is 216 Å². The molecule has 23 nitrogen and oxygen atoms in total. The number of amides is 11. The van der Waals surface area contributed by atoms with Crippen LogP contribution in [0.3, 0.4) is 0 Å². The fourth-order valence-electron chi connectivity index (χ4n) is 10.5. The molecule has 0 radical (unpaired) electrons. The van der Waals surface area contributed by atoms with Gasteiger partial charge in [-0.25, -0.2) is 0 Å². The number of carbonyl (C=O) groups is 11. The van der Waals surface area contributed by atoms with E-state index in [-0.39, 0.29) is 81.1 Å². The lowest BCUT2D eigenvalue weighted by Gasteiger charge is -2.41. The Morgan fingerprint density at radius 1 is 0.422 bits per heavy atom. The first-order chi connectivity index (χ1) is 38.3. The summed E-state index contributed by atoms with van der Waals surface area (Å²) in [5, 5.41) is 21.0. The molecule has 11 atom stereocenters.